The third-order valence-electron chi connectivity index (χ3n) is 2.29. The van der Waals surface area contributed by atoms with Gasteiger partial charge in [0.2, 0.25) is 0 Å². The molecule has 4 nitrogen and oxygen atoms in total. The van der Waals surface area contributed by atoms with Crippen LogP contribution < -0.4 is 5.73 Å². The number of nitrogens with two attached hydrogens (primary N) is 1. The van der Waals surface area contributed by atoms with Crippen LogP contribution in [0, 0.1) is 17.0 Å². The quantitative estimate of drug-likeness (QED) is 0.593. The van der Waals surface area contributed by atoms with Crippen LogP contribution in [0.2, 0.25) is 0 Å². The minimum absolute atomic E-state index is 0.154. The zero-order valence-electron chi connectivity index (χ0n) is 8.36. The van der Waals surface area contributed by atoms with E-state index in [-0.39, 0.29) is 16.7 Å². The highest BCUT2D eigenvalue weighted by Gasteiger charge is 2.20. The van der Waals surface area contributed by atoms with Crippen LogP contribution in [0.25, 0.3) is 0 Å². The topological polar surface area (TPSA) is 69.2 Å². The van der Waals surface area contributed by atoms with Crippen molar-refractivity contribution in [1.82, 2.24) is 0 Å². The molecule has 0 amide bonds. The first kappa shape index (κ1) is 10.7. The fourth-order valence-electron chi connectivity index (χ4n) is 1.45. The molecule has 76 valence electrons. The second-order valence-electron chi connectivity index (χ2n) is 3.28. The Morgan fingerprint density at radius 2 is 2.21 bits per heavy atom. The van der Waals surface area contributed by atoms with E-state index in [1.54, 1.807) is 25.1 Å². The average molecular weight is 194 g/mol. The first-order valence-corrected chi connectivity index (χ1v) is 4.57. The van der Waals surface area contributed by atoms with Gasteiger partial charge in [-0.2, -0.15) is 0 Å². The molecular weight excluding hydrogens is 180 g/mol. The Labute approximate surface area is 82.9 Å². The molecule has 0 saturated heterocycles. The number of hydrogen-bond acceptors (Lipinski definition) is 3. The summed E-state index contributed by atoms with van der Waals surface area (Å²) in [7, 11) is 0. The highest BCUT2D eigenvalue weighted by Crippen LogP contribution is 2.28. The standard InChI is InChI=1S/C10H14N2O2/c1-3-9(11)8-6-4-5-7(2)10(8)12(13)14/h4-6,9H,3,11H2,1-2H3/t9-/m1/s1. The number of nitro benzene ring substituents is 1. The summed E-state index contributed by atoms with van der Waals surface area (Å²) >= 11 is 0. The molecule has 1 aromatic rings. The van der Waals surface area contributed by atoms with Crippen LogP contribution in [0.4, 0.5) is 5.69 Å². The SMILES string of the molecule is CC[C@@H](N)c1cccc(C)c1[N+](=O)[O-]. The fraction of sp³-hybridized carbons (Fsp3) is 0.400. The van der Waals surface area contributed by atoms with E-state index in [1.165, 1.54) is 0 Å². The molecule has 1 rings (SSSR count). The van der Waals surface area contributed by atoms with Crippen molar-refractivity contribution in [3.63, 3.8) is 0 Å². The Balaban J connectivity index is 3.28. The van der Waals surface area contributed by atoms with Crippen molar-refractivity contribution >= 4 is 5.69 Å². The van der Waals surface area contributed by atoms with Gasteiger partial charge in [0.15, 0.2) is 0 Å². The lowest BCUT2D eigenvalue weighted by Gasteiger charge is -2.10. The van der Waals surface area contributed by atoms with Gasteiger partial charge >= 0.3 is 0 Å². The predicted octanol–water partition coefficient (Wildman–Crippen LogP) is 2.31. The second-order valence-corrected chi connectivity index (χ2v) is 3.28. The number of hydrogen-bond donors (Lipinski definition) is 1. The third-order valence-corrected chi connectivity index (χ3v) is 2.29. The van der Waals surface area contributed by atoms with Gasteiger partial charge in [-0.15, -0.1) is 0 Å². The summed E-state index contributed by atoms with van der Waals surface area (Å²) in [5.41, 5.74) is 7.24. The number of nitro groups is 1. The number of rotatable bonds is 3. The number of nitrogens with zero attached hydrogens (tertiary/aromatic N) is 1. The van der Waals surface area contributed by atoms with E-state index in [4.69, 9.17) is 5.73 Å². The minimum atomic E-state index is -0.361. The van der Waals surface area contributed by atoms with Gasteiger partial charge in [-0.25, -0.2) is 0 Å². The summed E-state index contributed by atoms with van der Waals surface area (Å²) in [6.45, 7) is 3.64. The molecule has 0 aliphatic rings. The number of para-hydroxylation sites is 1. The van der Waals surface area contributed by atoms with Crippen LogP contribution in [0.5, 0.6) is 0 Å². The summed E-state index contributed by atoms with van der Waals surface area (Å²) in [5, 5.41) is 10.8. The molecule has 2 N–H and O–H groups in total. The van der Waals surface area contributed by atoms with Gasteiger partial charge in [-0.1, -0.05) is 25.1 Å². The number of benzene rings is 1. The molecule has 0 fully saturated rings. The summed E-state index contributed by atoms with van der Waals surface area (Å²) in [6.07, 6.45) is 0.699. The zero-order chi connectivity index (χ0) is 10.7. The van der Waals surface area contributed by atoms with E-state index in [0.29, 0.717) is 17.5 Å². The fourth-order valence-corrected chi connectivity index (χ4v) is 1.45. The van der Waals surface area contributed by atoms with Crippen LogP contribution in [0.15, 0.2) is 18.2 Å². The summed E-state index contributed by atoms with van der Waals surface area (Å²) in [4.78, 5) is 10.5. The van der Waals surface area contributed by atoms with Gasteiger partial charge in [-0.05, 0) is 13.3 Å². The maximum atomic E-state index is 10.8. The molecule has 4 heteroatoms. The molecule has 0 aliphatic heterocycles. The Morgan fingerprint density at radius 1 is 1.57 bits per heavy atom. The lowest BCUT2D eigenvalue weighted by molar-refractivity contribution is -0.386. The summed E-state index contributed by atoms with van der Waals surface area (Å²) < 4.78 is 0. The zero-order valence-corrected chi connectivity index (χ0v) is 8.36. The van der Waals surface area contributed by atoms with Crippen molar-refractivity contribution in [3.8, 4) is 0 Å². The molecule has 14 heavy (non-hydrogen) atoms. The largest absolute Gasteiger partial charge is 0.324 e. The normalized spacial score (nSPS) is 12.5. The van der Waals surface area contributed by atoms with E-state index in [0.717, 1.165) is 0 Å². The van der Waals surface area contributed by atoms with Gasteiger partial charge in [0.05, 0.1) is 4.92 Å². The molecule has 0 bridgehead atoms. The van der Waals surface area contributed by atoms with E-state index in [9.17, 15) is 10.1 Å². The average Bonchev–Trinajstić information content (AvgIpc) is 2.15. The van der Waals surface area contributed by atoms with E-state index >= 15 is 0 Å². The maximum Gasteiger partial charge on any atom is 0.277 e. The van der Waals surface area contributed by atoms with Gasteiger partial charge in [-0.3, -0.25) is 10.1 Å². The van der Waals surface area contributed by atoms with E-state index in [2.05, 4.69) is 0 Å². The molecule has 0 saturated carbocycles. The lowest BCUT2D eigenvalue weighted by Crippen LogP contribution is -2.11. The Hall–Kier alpha value is -1.42. The summed E-state index contributed by atoms with van der Waals surface area (Å²) in [5.74, 6) is 0. The molecule has 0 spiro atoms. The van der Waals surface area contributed by atoms with Crippen molar-refractivity contribution in [3.05, 3.63) is 39.4 Å². The first-order chi connectivity index (χ1) is 6.57. The van der Waals surface area contributed by atoms with Crippen LogP contribution in [-0.4, -0.2) is 4.92 Å². The molecule has 0 aromatic heterocycles. The predicted molar refractivity (Wildman–Crippen MR) is 55.1 cm³/mol. The van der Waals surface area contributed by atoms with Crippen molar-refractivity contribution in [1.29, 1.82) is 0 Å². The van der Waals surface area contributed by atoms with Crippen LogP contribution in [-0.2, 0) is 0 Å². The van der Waals surface area contributed by atoms with E-state index < -0.39 is 0 Å². The van der Waals surface area contributed by atoms with Gasteiger partial charge in [0.25, 0.3) is 5.69 Å². The van der Waals surface area contributed by atoms with Gasteiger partial charge < -0.3 is 5.73 Å². The second kappa shape index (κ2) is 4.19. The molecule has 1 atom stereocenters. The van der Waals surface area contributed by atoms with Crippen molar-refractivity contribution in [2.75, 3.05) is 0 Å². The highest BCUT2D eigenvalue weighted by atomic mass is 16.6. The molecular formula is C10H14N2O2. The molecule has 0 heterocycles. The summed E-state index contributed by atoms with van der Waals surface area (Å²) in [6, 6.07) is 4.99. The van der Waals surface area contributed by atoms with E-state index in [1.807, 2.05) is 6.92 Å². The third kappa shape index (κ3) is 1.90. The molecule has 0 radical (unpaired) electrons. The van der Waals surface area contributed by atoms with Crippen molar-refractivity contribution in [2.45, 2.75) is 26.3 Å². The Bertz CT molecular complexity index is 350. The maximum absolute atomic E-state index is 10.8. The molecule has 0 unspecified atom stereocenters. The van der Waals surface area contributed by atoms with Crippen LogP contribution in [0.3, 0.4) is 0 Å². The first-order valence-electron chi connectivity index (χ1n) is 4.57. The Morgan fingerprint density at radius 3 is 2.71 bits per heavy atom. The van der Waals surface area contributed by atoms with Gasteiger partial charge in [0.1, 0.15) is 0 Å². The highest BCUT2D eigenvalue weighted by molar-refractivity contribution is 5.48. The number of aryl methyl sites for hydroxylation is 1. The van der Waals surface area contributed by atoms with Crippen LogP contribution >= 0.6 is 0 Å². The Kier molecular flexibility index (Phi) is 3.19. The van der Waals surface area contributed by atoms with Crippen molar-refractivity contribution in [2.24, 2.45) is 5.73 Å². The van der Waals surface area contributed by atoms with Gasteiger partial charge in [0, 0.05) is 17.2 Å². The monoisotopic (exact) mass is 194 g/mol. The molecule has 0 aliphatic carbocycles. The smallest absolute Gasteiger partial charge is 0.277 e. The lowest BCUT2D eigenvalue weighted by atomic mass is 10.0. The van der Waals surface area contributed by atoms with Crippen molar-refractivity contribution < 1.29 is 4.92 Å². The molecule has 1 aromatic carbocycles. The minimum Gasteiger partial charge on any atom is -0.324 e. The van der Waals surface area contributed by atoms with Crippen LogP contribution in [0.1, 0.15) is 30.5 Å².